The van der Waals surface area contributed by atoms with Crippen LogP contribution in [0.5, 0.6) is 0 Å². The molecule has 2 amide bonds. The molecule has 3 fully saturated rings. The molecule has 2 aliphatic heterocycles. The number of carbonyl (C=O) groups is 1. The number of hydrogen-bond acceptors (Lipinski definition) is 4. The van der Waals surface area contributed by atoms with E-state index in [1.165, 1.54) is 0 Å². The Morgan fingerprint density at radius 1 is 1.08 bits per heavy atom. The van der Waals surface area contributed by atoms with Crippen molar-refractivity contribution in [2.45, 2.75) is 69.2 Å². The molecule has 2 atom stereocenters. The first-order valence-electron chi connectivity index (χ1n) is 12.4. The SMILES string of the molecule is O=C(Nc1cccc(I)c1)N1C2CCC1CC(OCc1c(-c3c(Cl)cccc3Cl)noc1C1CC1)C2. The Morgan fingerprint density at radius 2 is 1.78 bits per heavy atom. The molecule has 2 bridgehead atoms. The fourth-order valence-electron chi connectivity index (χ4n) is 5.60. The summed E-state index contributed by atoms with van der Waals surface area (Å²) in [5.74, 6) is 1.27. The van der Waals surface area contributed by atoms with E-state index >= 15 is 0 Å². The number of hydrogen-bond donors (Lipinski definition) is 1. The van der Waals surface area contributed by atoms with Crippen molar-refractivity contribution < 1.29 is 14.1 Å². The predicted molar refractivity (Wildman–Crippen MR) is 149 cm³/mol. The summed E-state index contributed by atoms with van der Waals surface area (Å²) >= 11 is 15.3. The van der Waals surface area contributed by atoms with Crippen LogP contribution in [0.15, 0.2) is 47.0 Å². The molecule has 1 N–H and O–H groups in total. The van der Waals surface area contributed by atoms with Crippen LogP contribution < -0.4 is 5.32 Å². The van der Waals surface area contributed by atoms with Gasteiger partial charge in [0, 0.05) is 38.4 Å². The summed E-state index contributed by atoms with van der Waals surface area (Å²) in [5.41, 5.74) is 3.14. The molecule has 36 heavy (non-hydrogen) atoms. The van der Waals surface area contributed by atoms with Crippen molar-refractivity contribution >= 4 is 57.5 Å². The number of fused-ring (bicyclic) bond motifs is 2. The normalized spacial score (nSPS) is 23.2. The summed E-state index contributed by atoms with van der Waals surface area (Å²) in [7, 11) is 0. The third kappa shape index (κ3) is 4.87. The number of amides is 2. The monoisotopic (exact) mass is 637 g/mol. The standard InChI is InChI=1S/C27H26Cl2IN3O3/c28-22-5-2-6-23(29)24(22)25-21(26(36-32-25)15-7-8-15)14-35-20-12-18-9-10-19(13-20)33(18)27(34)31-17-4-1-3-16(30)11-17/h1-6,11,15,18-20H,7-10,12-14H2,(H,31,34). The molecule has 0 radical (unpaired) electrons. The molecule has 6 nitrogen and oxygen atoms in total. The highest BCUT2D eigenvalue weighted by atomic mass is 127. The van der Waals surface area contributed by atoms with Gasteiger partial charge in [-0.2, -0.15) is 0 Å². The Morgan fingerprint density at radius 3 is 2.44 bits per heavy atom. The second-order valence-electron chi connectivity index (χ2n) is 9.88. The quantitative estimate of drug-likeness (QED) is 0.279. The molecular weight excluding hydrogens is 612 g/mol. The number of aromatic nitrogens is 1. The summed E-state index contributed by atoms with van der Waals surface area (Å²) in [5, 5.41) is 8.54. The molecule has 1 saturated carbocycles. The maximum absolute atomic E-state index is 13.1. The number of nitrogens with zero attached hydrogens (tertiary/aromatic N) is 2. The third-order valence-electron chi connectivity index (χ3n) is 7.43. The van der Waals surface area contributed by atoms with Crippen LogP contribution in [0.1, 0.15) is 55.8 Å². The third-order valence-corrected chi connectivity index (χ3v) is 8.73. The highest BCUT2D eigenvalue weighted by molar-refractivity contribution is 14.1. The first kappa shape index (κ1) is 24.5. The van der Waals surface area contributed by atoms with E-state index in [0.29, 0.717) is 33.8 Å². The fourth-order valence-corrected chi connectivity index (χ4v) is 6.72. The minimum Gasteiger partial charge on any atom is -0.373 e. The summed E-state index contributed by atoms with van der Waals surface area (Å²) in [6.45, 7) is 0.394. The number of urea groups is 1. The lowest BCUT2D eigenvalue weighted by atomic mass is 9.99. The van der Waals surface area contributed by atoms with Gasteiger partial charge in [0.1, 0.15) is 11.5 Å². The van der Waals surface area contributed by atoms with Gasteiger partial charge in [-0.1, -0.05) is 40.5 Å². The smallest absolute Gasteiger partial charge is 0.322 e. The second-order valence-corrected chi connectivity index (χ2v) is 11.9. The highest BCUT2D eigenvalue weighted by Crippen LogP contribution is 2.46. The van der Waals surface area contributed by atoms with Crippen molar-refractivity contribution in [3.63, 3.8) is 0 Å². The Kier molecular flexibility index (Phi) is 6.92. The molecule has 2 saturated heterocycles. The van der Waals surface area contributed by atoms with Gasteiger partial charge in [0.2, 0.25) is 0 Å². The minimum absolute atomic E-state index is 0.0198. The first-order chi connectivity index (χ1) is 17.5. The number of anilines is 1. The number of ether oxygens (including phenoxy) is 1. The minimum atomic E-state index is -0.0198. The molecule has 3 aromatic rings. The van der Waals surface area contributed by atoms with Gasteiger partial charge < -0.3 is 19.5 Å². The highest BCUT2D eigenvalue weighted by Gasteiger charge is 2.44. The predicted octanol–water partition coefficient (Wildman–Crippen LogP) is 7.87. The van der Waals surface area contributed by atoms with Crippen molar-refractivity contribution in [2.24, 2.45) is 0 Å². The maximum Gasteiger partial charge on any atom is 0.322 e. The van der Waals surface area contributed by atoms with Crippen LogP contribution in [0.2, 0.25) is 10.0 Å². The molecule has 188 valence electrons. The molecule has 1 aromatic heterocycles. The van der Waals surface area contributed by atoms with Crippen molar-refractivity contribution in [3.8, 4) is 11.3 Å². The van der Waals surface area contributed by atoms with Crippen LogP contribution in [0.25, 0.3) is 11.3 Å². The van der Waals surface area contributed by atoms with E-state index in [0.717, 1.165) is 59.1 Å². The molecule has 2 unspecified atom stereocenters. The zero-order chi connectivity index (χ0) is 24.8. The lowest BCUT2D eigenvalue weighted by Gasteiger charge is -2.38. The fraction of sp³-hybridized carbons (Fsp3) is 0.407. The van der Waals surface area contributed by atoms with Crippen molar-refractivity contribution in [1.82, 2.24) is 10.1 Å². The van der Waals surface area contributed by atoms with Crippen LogP contribution in [-0.2, 0) is 11.3 Å². The zero-order valence-corrected chi connectivity index (χ0v) is 23.2. The van der Waals surface area contributed by atoms with Crippen molar-refractivity contribution in [1.29, 1.82) is 0 Å². The summed E-state index contributed by atoms with van der Waals surface area (Å²) in [6.07, 6.45) is 5.91. The van der Waals surface area contributed by atoms with E-state index < -0.39 is 0 Å². The average molecular weight is 638 g/mol. The number of benzene rings is 2. The molecule has 6 rings (SSSR count). The molecule has 3 aliphatic rings. The van der Waals surface area contributed by atoms with E-state index in [1.807, 2.05) is 47.4 Å². The summed E-state index contributed by atoms with van der Waals surface area (Å²) in [4.78, 5) is 15.1. The van der Waals surface area contributed by atoms with Gasteiger partial charge in [-0.05, 0) is 91.4 Å². The Bertz CT molecular complexity index is 1260. The number of nitrogens with one attached hydrogen (secondary N) is 1. The Balaban J connectivity index is 1.16. The summed E-state index contributed by atoms with van der Waals surface area (Å²) < 4.78 is 13.4. The van der Waals surface area contributed by atoms with Crippen LogP contribution >= 0.6 is 45.8 Å². The lowest BCUT2D eigenvalue weighted by molar-refractivity contribution is -0.0158. The molecule has 9 heteroatoms. The van der Waals surface area contributed by atoms with E-state index in [-0.39, 0.29) is 24.2 Å². The second kappa shape index (κ2) is 10.2. The van der Waals surface area contributed by atoms with Gasteiger partial charge in [0.15, 0.2) is 0 Å². The van der Waals surface area contributed by atoms with Gasteiger partial charge in [-0.3, -0.25) is 0 Å². The lowest BCUT2D eigenvalue weighted by Crippen LogP contribution is -2.50. The van der Waals surface area contributed by atoms with Crippen LogP contribution in [0, 0.1) is 3.57 Å². The van der Waals surface area contributed by atoms with E-state index in [9.17, 15) is 4.79 Å². The Labute approximate surface area is 233 Å². The number of piperidine rings is 1. The van der Waals surface area contributed by atoms with Crippen molar-refractivity contribution in [2.75, 3.05) is 5.32 Å². The molecular formula is C27H26Cl2IN3O3. The van der Waals surface area contributed by atoms with Gasteiger partial charge in [-0.25, -0.2) is 4.79 Å². The summed E-state index contributed by atoms with van der Waals surface area (Å²) in [6, 6.07) is 13.7. The van der Waals surface area contributed by atoms with Crippen molar-refractivity contribution in [3.05, 3.63) is 67.4 Å². The van der Waals surface area contributed by atoms with Gasteiger partial charge in [0.05, 0.1) is 22.8 Å². The number of rotatable bonds is 6. The van der Waals surface area contributed by atoms with E-state index in [4.69, 9.17) is 32.5 Å². The van der Waals surface area contributed by atoms with E-state index in [1.54, 1.807) is 0 Å². The van der Waals surface area contributed by atoms with E-state index in [2.05, 4.69) is 33.1 Å². The first-order valence-corrected chi connectivity index (χ1v) is 14.2. The number of carbonyl (C=O) groups excluding carboxylic acids is 1. The number of halogens is 3. The maximum atomic E-state index is 13.1. The Hall–Kier alpha value is -1.81. The average Bonchev–Trinajstić information content (AvgIpc) is 3.55. The van der Waals surface area contributed by atoms with Crippen LogP contribution in [0.4, 0.5) is 10.5 Å². The largest absolute Gasteiger partial charge is 0.373 e. The molecule has 2 aromatic carbocycles. The van der Waals surface area contributed by atoms with Crippen LogP contribution in [0.3, 0.4) is 0 Å². The zero-order valence-electron chi connectivity index (χ0n) is 19.6. The van der Waals surface area contributed by atoms with Crippen LogP contribution in [-0.4, -0.2) is 34.3 Å². The molecule has 3 heterocycles. The molecule has 1 aliphatic carbocycles. The topological polar surface area (TPSA) is 67.6 Å². The van der Waals surface area contributed by atoms with Gasteiger partial charge in [0.25, 0.3) is 0 Å². The van der Waals surface area contributed by atoms with Gasteiger partial charge >= 0.3 is 6.03 Å². The molecule has 0 spiro atoms. The van der Waals surface area contributed by atoms with Gasteiger partial charge in [-0.15, -0.1) is 0 Å².